The number of nitrogens with two attached hydrogens (primary N) is 1. The number of fused-ring (bicyclic) bond motifs is 1. The first-order valence-corrected chi connectivity index (χ1v) is 7.16. The van der Waals surface area contributed by atoms with Gasteiger partial charge in [0, 0.05) is 23.6 Å². The minimum Gasteiger partial charge on any atom is -0.389 e. The van der Waals surface area contributed by atoms with Crippen LogP contribution >= 0.6 is 22.9 Å². The molecular weight excluding hydrogens is 282 g/mol. The Hall–Kier alpha value is -1.59. The molecule has 3 rings (SSSR count). The summed E-state index contributed by atoms with van der Waals surface area (Å²) in [6, 6.07) is 5.40. The summed E-state index contributed by atoms with van der Waals surface area (Å²) >= 11 is 7.41. The van der Waals surface area contributed by atoms with Crippen LogP contribution in [0.2, 0.25) is 5.02 Å². The van der Waals surface area contributed by atoms with E-state index in [9.17, 15) is 4.79 Å². The van der Waals surface area contributed by atoms with Gasteiger partial charge in [0.1, 0.15) is 5.00 Å². The lowest BCUT2D eigenvalue weighted by Gasteiger charge is -2.21. The van der Waals surface area contributed by atoms with Gasteiger partial charge < -0.3 is 10.6 Å². The first-order valence-electron chi connectivity index (χ1n) is 5.97. The summed E-state index contributed by atoms with van der Waals surface area (Å²) in [5.74, 6) is 0.129. The van der Waals surface area contributed by atoms with Crippen LogP contribution in [0.1, 0.15) is 23.2 Å². The fourth-order valence-corrected chi connectivity index (χ4v) is 3.11. The van der Waals surface area contributed by atoms with Gasteiger partial charge in [-0.05, 0) is 24.6 Å². The number of Topliss-reactive ketones (excluding diaryl/α,β-unsaturated/α-hetero) is 1. The van der Waals surface area contributed by atoms with E-state index in [0.29, 0.717) is 22.0 Å². The smallest absolute Gasteiger partial charge is 0.191 e. The van der Waals surface area contributed by atoms with E-state index in [-0.39, 0.29) is 5.78 Å². The standard InChI is InChI=1S/C13H12ClN3OS/c14-8-3-4-10-9(6-8)11(18)2-1-5-17(10)13-16-7-12(15)19-13/h3-4,6-7H,1-2,5,15H2. The molecule has 2 heterocycles. The van der Waals surface area contributed by atoms with E-state index in [1.165, 1.54) is 11.3 Å². The minimum atomic E-state index is 0.129. The highest BCUT2D eigenvalue weighted by atomic mass is 35.5. The zero-order valence-corrected chi connectivity index (χ0v) is 11.7. The number of halogens is 1. The molecular formula is C13H12ClN3OS. The van der Waals surface area contributed by atoms with E-state index >= 15 is 0 Å². The first kappa shape index (κ1) is 12.4. The maximum absolute atomic E-state index is 12.1. The molecule has 0 spiro atoms. The monoisotopic (exact) mass is 293 g/mol. The third-order valence-corrected chi connectivity index (χ3v) is 4.16. The third kappa shape index (κ3) is 2.31. The number of nitrogens with zero attached hydrogens (tertiary/aromatic N) is 2. The van der Waals surface area contributed by atoms with Crippen LogP contribution in [0.3, 0.4) is 0 Å². The summed E-state index contributed by atoms with van der Waals surface area (Å²) in [7, 11) is 0. The highest BCUT2D eigenvalue weighted by Crippen LogP contribution is 2.36. The van der Waals surface area contributed by atoms with Crippen molar-refractivity contribution in [3.8, 4) is 0 Å². The summed E-state index contributed by atoms with van der Waals surface area (Å²) in [6.07, 6.45) is 2.97. The van der Waals surface area contributed by atoms with Gasteiger partial charge in [-0.3, -0.25) is 4.79 Å². The number of nitrogen functional groups attached to an aromatic ring is 1. The second-order valence-electron chi connectivity index (χ2n) is 4.39. The second-order valence-corrected chi connectivity index (χ2v) is 5.86. The van der Waals surface area contributed by atoms with Crippen LogP contribution in [0.5, 0.6) is 0 Å². The molecule has 1 aliphatic rings. The highest BCUT2D eigenvalue weighted by Gasteiger charge is 2.23. The molecule has 0 bridgehead atoms. The number of hydrogen-bond donors (Lipinski definition) is 1. The van der Waals surface area contributed by atoms with Gasteiger partial charge in [-0.2, -0.15) is 0 Å². The van der Waals surface area contributed by atoms with Crippen molar-refractivity contribution >= 4 is 44.5 Å². The van der Waals surface area contributed by atoms with Crippen molar-refractivity contribution in [2.75, 3.05) is 17.2 Å². The summed E-state index contributed by atoms with van der Waals surface area (Å²) in [5, 5.41) is 2.06. The van der Waals surface area contributed by atoms with Crippen molar-refractivity contribution in [2.24, 2.45) is 0 Å². The van der Waals surface area contributed by atoms with Crippen LogP contribution in [-0.2, 0) is 0 Å². The Kier molecular flexibility index (Phi) is 3.16. The number of carbonyl (C=O) groups is 1. The summed E-state index contributed by atoms with van der Waals surface area (Å²) in [6.45, 7) is 0.757. The van der Waals surface area contributed by atoms with Crippen molar-refractivity contribution in [1.29, 1.82) is 0 Å². The fourth-order valence-electron chi connectivity index (χ4n) is 2.22. The average molecular weight is 294 g/mol. The van der Waals surface area contributed by atoms with Gasteiger partial charge in [0.15, 0.2) is 10.9 Å². The van der Waals surface area contributed by atoms with Crippen molar-refractivity contribution in [3.05, 3.63) is 35.0 Å². The summed E-state index contributed by atoms with van der Waals surface area (Å²) in [5.41, 5.74) is 7.26. The Balaban J connectivity index is 2.12. The lowest BCUT2D eigenvalue weighted by Crippen LogP contribution is -2.17. The molecule has 19 heavy (non-hydrogen) atoms. The molecule has 1 aliphatic heterocycles. The number of carbonyl (C=O) groups excluding carboxylic acids is 1. The number of thiazole rings is 1. The van der Waals surface area contributed by atoms with E-state index < -0.39 is 0 Å². The molecule has 0 aliphatic carbocycles. The van der Waals surface area contributed by atoms with Gasteiger partial charge in [-0.1, -0.05) is 22.9 Å². The Morgan fingerprint density at radius 1 is 1.42 bits per heavy atom. The van der Waals surface area contributed by atoms with Crippen molar-refractivity contribution in [2.45, 2.75) is 12.8 Å². The first-order chi connectivity index (χ1) is 9.15. The second kappa shape index (κ2) is 4.83. The Bertz CT molecular complexity index is 641. The number of ketones is 1. The molecule has 98 valence electrons. The third-order valence-electron chi connectivity index (χ3n) is 3.08. The summed E-state index contributed by atoms with van der Waals surface area (Å²) < 4.78 is 0. The highest BCUT2D eigenvalue weighted by molar-refractivity contribution is 7.19. The molecule has 4 nitrogen and oxygen atoms in total. The van der Waals surface area contributed by atoms with Crippen LogP contribution in [0.25, 0.3) is 0 Å². The Labute approximate surface area is 119 Å². The average Bonchev–Trinajstić information content (AvgIpc) is 2.74. The van der Waals surface area contributed by atoms with E-state index in [4.69, 9.17) is 17.3 Å². The van der Waals surface area contributed by atoms with Crippen LogP contribution in [0.4, 0.5) is 15.8 Å². The lowest BCUT2D eigenvalue weighted by atomic mass is 10.1. The van der Waals surface area contributed by atoms with Gasteiger partial charge in [0.05, 0.1) is 11.9 Å². The molecule has 0 radical (unpaired) electrons. The molecule has 0 saturated carbocycles. The predicted octanol–water partition coefficient (Wildman–Crippen LogP) is 3.49. The fraction of sp³-hybridized carbons (Fsp3) is 0.231. The molecule has 2 aromatic rings. The quantitative estimate of drug-likeness (QED) is 0.874. The van der Waals surface area contributed by atoms with Crippen molar-refractivity contribution in [1.82, 2.24) is 4.98 Å². The maximum atomic E-state index is 12.1. The Morgan fingerprint density at radius 3 is 3.00 bits per heavy atom. The predicted molar refractivity (Wildman–Crippen MR) is 78.5 cm³/mol. The molecule has 0 saturated heterocycles. The van der Waals surface area contributed by atoms with E-state index in [1.54, 1.807) is 18.3 Å². The van der Waals surface area contributed by atoms with Crippen LogP contribution in [-0.4, -0.2) is 17.3 Å². The van der Waals surface area contributed by atoms with Crippen molar-refractivity contribution in [3.63, 3.8) is 0 Å². The number of aromatic nitrogens is 1. The number of benzene rings is 1. The number of anilines is 3. The lowest BCUT2D eigenvalue weighted by molar-refractivity contribution is 0.0984. The van der Waals surface area contributed by atoms with E-state index in [2.05, 4.69) is 4.98 Å². The molecule has 0 atom stereocenters. The van der Waals surface area contributed by atoms with Crippen molar-refractivity contribution < 1.29 is 4.79 Å². The van der Waals surface area contributed by atoms with E-state index in [0.717, 1.165) is 23.8 Å². The van der Waals surface area contributed by atoms with Gasteiger partial charge in [-0.25, -0.2) is 4.98 Å². The van der Waals surface area contributed by atoms with Gasteiger partial charge in [-0.15, -0.1) is 0 Å². The van der Waals surface area contributed by atoms with Crippen LogP contribution in [0.15, 0.2) is 24.4 Å². The molecule has 2 N–H and O–H groups in total. The van der Waals surface area contributed by atoms with Crippen LogP contribution < -0.4 is 10.6 Å². The molecule has 6 heteroatoms. The van der Waals surface area contributed by atoms with Gasteiger partial charge >= 0.3 is 0 Å². The summed E-state index contributed by atoms with van der Waals surface area (Å²) in [4.78, 5) is 18.5. The topological polar surface area (TPSA) is 59.2 Å². The number of rotatable bonds is 1. The molecule has 0 amide bonds. The zero-order valence-electron chi connectivity index (χ0n) is 10.1. The molecule has 1 aromatic heterocycles. The number of hydrogen-bond acceptors (Lipinski definition) is 5. The molecule has 0 unspecified atom stereocenters. The van der Waals surface area contributed by atoms with Crippen LogP contribution in [0, 0.1) is 0 Å². The minimum absolute atomic E-state index is 0.129. The molecule has 0 fully saturated rings. The largest absolute Gasteiger partial charge is 0.389 e. The zero-order chi connectivity index (χ0) is 13.4. The maximum Gasteiger partial charge on any atom is 0.191 e. The van der Waals surface area contributed by atoms with E-state index in [1.807, 2.05) is 11.0 Å². The molecule has 1 aromatic carbocycles. The SMILES string of the molecule is Nc1cnc(N2CCCC(=O)c3cc(Cl)ccc32)s1. The van der Waals surface area contributed by atoms with Gasteiger partial charge in [0.2, 0.25) is 0 Å². The Morgan fingerprint density at radius 2 is 2.26 bits per heavy atom. The normalized spacial score (nSPS) is 15.2. The van der Waals surface area contributed by atoms with Gasteiger partial charge in [0.25, 0.3) is 0 Å².